The zero-order valence-corrected chi connectivity index (χ0v) is 9.41. The van der Waals surface area contributed by atoms with Gasteiger partial charge in [0.05, 0.1) is 6.61 Å². The van der Waals surface area contributed by atoms with Crippen molar-refractivity contribution in [2.75, 3.05) is 33.9 Å². The third-order valence-corrected chi connectivity index (χ3v) is 3.35. The third-order valence-electron chi connectivity index (χ3n) is 3.35. The zero-order valence-electron chi connectivity index (χ0n) is 9.41. The molecule has 1 saturated carbocycles. The molecule has 0 atom stereocenters. The summed E-state index contributed by atoms with van der Waals surface area (Å²) in [5.41, 5.74) is 0. The van der Waals surface area contributed by atoms with E-state index in [-0.39, 0.29) is 0 Å². The SMILES string of the molecule is COCCN(C)C1CCC(CO)CC1. The van der Waals surface area contributed by atoms with Crippen molar-refractivity contribution in [3.05, 3.63) is 0 Å². The Kier molecular flexibility index (Phi) is 5.45. The van der Waals surface area contributed by atoms with Crippen LogP contribution in [0.15, 0.2) is 0 Å². The van der Waals surface area contributed by atoms with Crippen LogP contribution >= 0.6 is 0 Å². The maximum absolute atomic E-state index is 9.02. The van der Waals surface area contributed by atoms with Gasteiger partial charge in [0.2, 0.25) is 0 Å². The minimum absolute atomic E-state index is 0.370. The maximum Gasteiger partial charge on any atom is 0.0589 e. The number of nitrogens with zero attached hydrogens (tertiary/aromatic N) is 1. The molecular weight excluding hydrogens is 178 g/mol. The molecule has 1 rings (SSSR count). The average molecular weight is 201 g/mol. The van der Waals surface area contributed by atoms with Crippen LogP contribution < -0.4 is 0 Å². The summed E-state index contributed by atoms with van der Waals surface area (Å²) >= 11 is 0. The fraction of sp³-hybridized carbons (Fsp3) is 1.00. The van der Waals surface area contributed by atoms with Crippen LogP contribution in [0.2, 0.25) is 0 Å². The van der Waals surface area contributed by atoms with Gasteiger partial charge in [0, 0.05) is 26.3 Å². The number of rotatable bonds is 5. The van der Waals surface area contributed by atoms with Crippen molar-refractivity contribution in [3.8, 4) is 0 Å². The second-order valence-electron chi connectivity index (χ2n) is 4.33. The van der Waals surface area contributed by atoms with Gasteiger partial charge < -0.3 is 14.7 Å². The molecule has 0 spiro atoms. The molecule has 0 heterocycles. The van der Waals surface area contributed by atoms with Crippen molar-refractivity contribution in [1.82, 2.24) is 4.90 Å². The Balaban J connectivity index is 2.19. The highest BCUT2D eigenvalue weighted by Gasteiger charge is 2.22. The second-order valence-corrected chi connectivity index (χ2v) is 4.33. The van der Waals surface area contributed by atoms with Gasteiger partial charge in [-0.1, -0.05) is 0 Å². The molecule has 1 aliphatic carbocycles. The van der Waals surface area contributed by atoms with Crippen molar-refractivity contribution < 1.29 is 9.84 Å². The molecule has 0 aromatic rings. The number of aliphatic hydroxyl groups excluding tert-OH is 1. The Morgan fingerprint density at radius 3 is 2.43 bits per heavy atom. The van der Waals surface area contributed by atoms with Gasteiger partial charge in [0.1, 0.15) is 0 Å². The van der Waals surface area contributed by atoms with Crippen LogP contribution in [0.1, 0.15) is 25.7 Å². The van der Waals surface area contributed by atoms with Crippen molar-refractivity contribution in [2.45, 2.75) is 31.7 Å². The molecule has 0 amide bonds. The molecule has 3 heteroatoms. The largest absolute Gasteiger partial charge is 0.396 e. The number of methoxy groups -OCH3 is 1. The number of hydrogen-bond donors (Lipinski definition) is 1. The summed E-state index contributed by atoms with van der Waals surface area (Å²) in [7, 11) is 3.92. The lowest BCUT2D eigenvalue weighted by atomic mass is 9.86. The number of likely N-dealkylation sites (N-methyl/N-ethyl adjacent to an activating group) is 1. The topological polar surface area (TPSA) is 32.7 Å². The minimum Gasteiger partial charge on any atom is -0.396 e. The lowest BCUT2D eigenvalue weighted by Crippen LogP contribution is -2.37. The first kappa shape index (κ1) is 12.0. The number of hydrogen-bond acceptors (Lipinski definition) is 3. The van der Waals surface area contributed by atoms with Gasteiger partial charge in [-0.05, 0) is 38.6 Å². The smallest absolute Gasteiger partial charge is 0.0589 e. The van der Waals surface area contributed by atoms with Gasteiger partial charge in [-0.25, -0.2) is 0 Å². The predicted octanol–water partition coefficient (Wildman–Crippen LogP) is 1.12. The van der Waals surface area contributed by atoms with Crippen molar-refractivity contribution in [2.24, 2.45) is 5.92 Å². The van der Waals surface area contributed by atoms with E-state index in [0.29, 0.717) is 18.6 Å². The van der Waals surface area contributed by atoms with Gasteiger partial charge in [0.15, 0.2) is 0 Å². The first-order valence-corrected chi connectivity index (χ1v) is 5.58. The van der Waals surface area contributed by atoms with E-state index < -0.39 is 0 Å². The third kappa shape index (κ3) is 3.56. The van der Waals surface area contributed by atoms with Gasteiger partial charge in [-0.2, -0.15) is 0 Å². The molecule has 1 fully saturated rings. The summed E-state index contributed by atoms with van der Waals surface area (Å²) < 4.78 is 5.06. The highest BCUT2D eigenvalue weighted by Crippen LogP contribution is 2.26. The van der Waals surface area contributed by atoms with Crippen LogP contribution in [0.5, 0.6) is 0 Å². The summed E-state index contributed by atoms with van der Waals surface area (Å²) in [5, 5.41) is 9.02. The zero-order chi connectivity index (χ0) is 10.4. The molecule has 0 aromatic carbocycles. The van der Waals surface area contributed by atoms with E-state index in [1.165, 1.54) is 25.7 Å². The summed E-state index contributed by atoms with van der Waals surface area (Å²) in [6, 6.07) is 0.702. The Hall–Kier alpha value is -0.120. The lowest BCUT2D eigenvalue weighted by Gasteiger charge is -2.33. The molecule has 0 aromatic heterocycles. The summed E-state index contributed by atoms with van der Waals surface area (Å²) in [6.07, 6.45) is 4.81. The molecule has 1 aliphatic rings. The number of aliphatic hydroxyl groups is 1. The fourth-order valence-corrected chi connectivity index (χ4v) is 2.19. The molecule has 0 bridgehead atoms. The fourth-order valence-electron chi connectivity index (χ4n) is 2.19. The molecule has 0 unspecified atom stereocenters. The quantitative estimate of drug-likeness (QED) is 0.723. The molecule has 14 heavy (non-hydrogen) atoms. The van der Waals surface area contributed by atoms with Gasteiger partial charge in [-0.15, -0.1) is 0 Å². The summed E-state index contributed by atoms with van der Waals surface area (Å²) in [4.78, 5) is 2.39. The Bertz CT molecular complexity index is 144. The van der Waals surface area contributed by atoms with E-state index in [1.54, 1.807) is 7.11 Å². The number of ether oxygens (including phenoxy) is 1. The van der Waals surface area contributed by atoms with Gasteiger partial charge >= 0.3 is 0 Å². The van der Waals surface area contributed by atoms with E-state index in [4.69, 9.17) is 9.84 Å². The van der Waals surface area contributed by atoms with Crippen molar-refractivity contribution in [1.29, 1.82) is 0 Å². The van der Waals surface area contributed by atoms with Crippen molar-refractivity contribution in [3.63, 3.8) is 0 Å². The summed E-state index contributed by atoms with van der Waals surface area (Å²) in [5.74, 6) is 0.557. The van der Waals surface area contributed by atoms with E-state index in [9.17, 15) is 0 Å². The van der Waals surface area contributed by atoms with E-state index in [1.807, 2.05) is 0 Å². The highest BCUT2D eigenvalue weighted by atomic mass is 16.5. The van der Waals surface area contributed by atoms with E-state index >= 15 is 0 Å². The molecule has 0 saturated heterocycles. The normalized spacial score (nSPS) is 28.3. The van der Waals surface area contributed by atoms with Crippen LogP contribution in [-0.4, -0.2) is 50.0 Å². The second kappa shape index (κ2) is 6.38. The molecule has 3 nitrogen and oxygen atoms in total. The predicted molar refractivity (Wildman–Crippen MR) is 57.3 cm³/mol. The van der Waals surface area contributed by atoms with Gasteiger partial charge in [0.25, 0.3) is 0 Å². The Labute approximate surface area is 87.1 Å². The summed E-state index contributed by atoms with van der Waals surface area (Å²) in [6.45, 7) is 2.20. The maximum atomic E-state index is 9.02. The lowest BCUT2D eigenvalue weighted by molar-refractivity contribution is 0.0992. The minimum atomic E-state index is 0.370. The van der Waals surface area contributed by atoms with Crippen molar-refractivity contribution >= 4 is 0 Å². The van der Waals surface area contributed by atoms with Crippen LogP contribution in [-0.2, 0) is 4.74 Å². The first-order valence-electron chi connectivity index (χ1n) is 5.58. The molecule has 84 valence electrons. The average Bonchev–Trinajstić information content (AvgIpc) is 2.26. The van der Waals surface area contributed by atoms with Crippen LogP contribution in [0.25, 0.3) is 0 Å². The van der Waals surface area contributed by atoms with E-state index in [0.717, 1.165) is 13.2 Å². The monoisotopic (exact) mass is 201 g/mol. The van der Waals surface area contributed by atoms with Crippen LogP contribution in [0.3, 0.4) is 0 Å². The molecule has 1 N–H and O–H groups in total. The van der Waals surface area contributed by atoms with Crippen LogP contribution in [0, 0.1) is 5.92 Å². The van der Waals surface area contributed by atoms with E-state index in [2.05, 4.69) is 11.9 Å². The molecule has 0 aliphatic heterocycles. The van der Waals surface area contributed by atoms with Gasteiger partial charge in [-0.3, -0.25) is 0 Å². The Morgan fingerprint density at radius 2 is 1.93 bits per heavy atom. The first-order chi connectivity index (χ1) is 6.77. The molecular formula is C11H23NO2. The highest BCUT2D eigenvalue weighted by molar-refractivity contribution is 4.77. The molecule has 0 radical (unpaired) electrons. The van der Waals surface area contributed by atoms with Crippen LogP contribution in [0.4, 0.5) is 0 Å². The Morgan fingerprint density at radius 1 is 1.29 bits per heavy atom. The standard InChI is InChI=1S/C11H23NO2/c1-12(7-8-14-2)11-5-3-10(9-13)4-6-11/h10-11,13H,3-9H2,1-2H3.